The number of amides is 1. The van der Waals surface area contributed by atoms with E-state index in [1.165, 1.54) is 0 Å². The van der Waals surface area contributed by atoms with E-state index in [4.69, 9.17) is 15.2 Å². The first-order valence-corrected chi connectivity index (χ1v) is 7.07. The van der Waals surface area contributed by atoms with E-state index in [2.05, 4.69) is 10.3 Å². The number of nitrogens with zero attached hydrogens (tertiary/aromatic N) is 1. The zero-order valence-corrected chi connectivity index (χ0v) is 13.9. The summed E-state index contributed by atoms with van der Waals surface area (Å²) in [5.74, 6) is 1.16. The SMILES string of the molecule is CCOc1ccc(OCC)c(NC(=O)c2cccc(N)n2)c1.Cl. The van der Waals surface area contributed by atoms with Crippen molar-refractivity contribution in [3.63, 3.8) is 0 Å². The predicted molar refractivity (Wildman–Crippen MR) is 92.6 cm³/mol. The molecule has 2 rings (SSSR count). The van der Waals surface area contributed by atoms with Crippen LogP contribution in [0.25, 0.3) is 0 Å². The summed E-state index contributed by atoms with van der Waals surface area (Å²) < 4.78 is 11.0. The van der Waals surface area contributed by atoms with Crippen molar-refractivity contribution in [3.8, 4) is 11.5 Å². The van der Waals surface area contributed by atoms with E-state index in [1.807, 2.05) is 13.8 Å². The lowest BCUT2D eigenvalue weighted by atomic mass is 10.2. The van der Waals surface area contributed by atoms with Crippen LogP contribution < -0.4 is 20.5 Å². The highest BCUT2D eigenvalue weighted by Gasteiger charge is 2.12. The van der Waals surface area contributed by atoms with Crippen LogP contribution in [0.3, 0.4) is 0 Å². The zero-order chi connectivity index (χ0) is 15.9. The van der Waals surface area contributed by atoms with E-state index in [1.54, 1.807) is 36.4 Å². The molecule has 6 nitrogen and oxygen atoms in total. The van der Waals surface area contributed by atoms with Crippen LogP contribution in [0.4, 0.5) is 11.5 Å². The summed E-state index contributed by atoms with van der Waals surface area (Å²) in [7, 11) is 0. The Bertz CT molecular complexity index is 665. The Balaban J connectivity index is 0.00000264. The van der Waals surface area contributed by atoms with Crippen molar-refractivity contribution in [2.45, 2.75) is 13.8 Å². The maximum atomic E-state index is 12.3. The number of hydrogen-bond acceptors (Lipinski definition) is 5. The van der Waals surface area contributed by atoms with E-state index in [9.17, 15) is 4.79 Å². The number of nitrogen functional groups attached to an aromatic ring is 1. The van der Waals surface area contributed by atoms with Crippen molar-refractivity contribution in [1.29, 1.82) is 0 Å². The van der Waals surface area contributed by atoms with Gasteiger partial charge in [0.15, 0.2) is 0 Å². The van der Waals surface area contributed by atoms with Crippen LogP contribution in [0.5, 0.6) is 11.5 Å². The first kappa shape index (κ1) is 18.6. The number of halogens is 1. The smallest absolute Gasteiger partial charge is 0.274 e. The molecule has 0 fully saturated rings. The Morgan fingerprint density at radius 3 is 2.57 bits per heavy atom. The molecule has 0 saturated heterocycles. The molecule has 0 aliphatic carbocycles. The van der Waals surface area contributed by atoms with Gasteiger partial charge in [0.05, 0.1) is 18.9 Å². The average Bonchev–Trinajstić information content (AvgIpc) is 2.50. The van der Waals surface area contributed by atoms with Crippen LogP contribution in [0.15, 0.2) is 36.4 Å². The second kappa shape index (κ2) is 8.85. The van der Waals surface area contributed by atoms with Gasteiger partial charge < -0.3 is 20.5 Å². The molecule has 0 saturated carbocycles. The number of aromatic nitrogens is 1. The highest BCUT2D eigenvalue weighted by Crippen LogP contribution is 2.29. The van der Waals surface area contributed by atoms with Gasteiger partial charge in [-0.15, -0.1) is 12.4 Å². The standard InChI is InChI=1S/C16H19N3O3.ClH/c1-3-21-11-8-9-14(22-4-2)13(10-11)19-16(20)12-6-5-7-15(17)18-12;/h5-10H,3-4H2,1-2H3,(H2,17,18)(H,19,20);1H. The number of benzene rings is 1. The molecule has 0 aliphatic heterocycles. The van der Waals surface area contributed by atoms with E-state index in [-0.39, 0.29) is 24.0 Å². The molecule has 0 aliphatic rings. The third kappa shape index (κ3) is 5.03. The van der Waals surface area contributed by atoms with Crippen molar-refractivity contribution in [2.24, 2.45) is 0 Å². The molecule has 7 heteroatoms. The Kier molecular flexibility index (Phi) is 7.15. The lowest BCUT2D eigenvalue weighted by molar-refractivity contribution is 0.102. The van der Waals surface area contributed by atoms with Crippen molar-refractivity contribution >= 4 is 29.8 Å². The Morgan fingerprint density at radius 2 is 1.91 bits per heavy atom. The molecule has 1 aromatic heterocycles. The predicted octanol–water partition coefficient (Wildman–Crippen LogP) is 3.14. The summed E-state index contributed by atoms with van der Waals surface area (Å²) in [6, 6.07) is 10.2. The monoisotopic (exact) mass is 337 g/mol. The molecule has 1 amide bonds. The van der Waals surface area contributed by atoms with Gasteiger partial charge in [0.1, 0.15) is 23.0 Å². The first-order valence-electron chi connectivity index (χ1n) is 7.07. The molecule has 0 bridgehead atoms. The van der Waals surface area contributed by atoms with Crippen LogP contribution in [0, 0.1) is 0 Å². The Labute approximate surface area is 141 Å². The van der Waals surface area contributed by atoms with Crippen LogP contribution in [0.2, 0.25) is 0 Å². The largest absolute Gasteiger partial charge is 0.494 e. The van der Waals surface area contributed by atoms with Crippen molar-refractivity contribution in [1.82, 2.24) is 4.98 Å². The summed E-state index contributed by atoms with van der Waals surface area (Å²) in [4.78, 5) is 16.3. The van der Waals surface area contributed by atoms with Crippen molar-refractivity contribution in [3.05, 3.63) is 42.1 Å². The van der Waals surface area contributed by atoms with Gasteiger partial charge in [-0.05, 0) is 38.1 Å². The van der Waals surface area contributed by atoms with E-state index < -0.39 is 0 Å². The summed E-state index contributed by atoms with van der Waals surface area (Å²) in [6.45, 7) is 4.80. The number of rotatable bonds is 6. The number of pyridine rings is 1. The van der Waals surface area contributed by atoms with Gasteiger partial charge in [-0.3, -0.25) is 4.79 Å². The number of nitrogens with one attached hydrogen (secondary N) is 1. The molecule has 124 valence electrons. The fourth-order valence-electron chi connectivity index (χ4n) is 1.91. The van der Waals surface area contributed by atoms with Gasteiger partial charge in [0.25, 0.3) is 5.91 Å². The van der Waals surface area contributed by atoms with Gasteiger partial charge in [-0.2, -0.15) is 0 Å². The highest BCUT2D eigenvalue weighted by atomic mass is 35.5. The number of carbonyl (C=O) groups is 1. The molecule has 0 atom stereocenters. The van der Waals surface area contributed by atoms with Gasteiger partial charge >= 0.3 is 0 Å². The van der Waals surface area contributed by atoms with E-state index in [0.717, 1.165) is 0 Å². The fourth-order valence-corrected chi connectivity index (χ4v) is 1.91. The minimum Gasteiger partial charge on any atom is -0.494 e. The molecular formula is C16H20ClN3O3. The number of nitrogens with two attached hydrogens (primary N) is 1. The second-order valence-electron chi connectivity index (χ2n) is 4.43. The van der Waals surface area contributed by atoms with Crippen molar-refractivity contribution in [2.75, 3.05) is 24.3 Å². The van der Waals surface area contributed by atoms with Gasteiger partial charge in [0, 0.05) is 6.07 Å². The molecular weight excluding hydrogens is 318 g/mol. The summed E-state index contributed by atoms with van der Waals surface area (Å²) in [5, 5.41) is 2.78. The first-order chi connectivity index (χ1) is 10.6. The second-order valence-corrected chi connectivity index (χ2v) is 4.43. The van der Waals surface area contributed by atoms with E-state index >= 15 is 0 Å². The maximum Gasteiger partial charge on any atom is 0.274 e. The molecule has 0 spiro atoms. The summed E-state index contributed by atoms with van der Waals surface area (Å²) >= 11 is 0. The van der Waals surface area contributed by atoms with Gasteiger partial charge in [-0.1, -0.05) is 6.07 Å². The third-order valence-electron chi connectivity index (χ3n) is 2.81. The normalized spacial score (nSPS) is 9.65. The number of anilines is 2. The lowest BCUT2D eigenvalue weighted by Crippen LogP contribution is -2.15. The maximum absolute atomic E-state index is 12.3. The Hall–Kier alpha value is -2.47. The van der Waals surface area contributed by atoms with Crippen LogP contribution >= 0.6 is 12.4 Å². The highest BCUT2D eigenvalue weighted by molar-refractivity contribution is 6.04. The molecule has 2 aromatic rings. The fraction of sp³-hybridized carbons (Fsp3) is 0.250. The summed E-state index contributed by atoms with van der Waals surface area (Å²) in [5.41, 5.74) is 6.36. The van der Waals surface area contributed by atoms with Crippen LogP contribution in [0.1, 0.15) is 24.3 Å². The van der Waals surface area contributed by atoms with Gasteiger partial charge in [-0.25, -0.2) is 4.98 Å². The number of ether oxygens (including phenoxy) is 2. The number of hydrogen-bond donors (Lipinski definition) is 2. The summed E-state index contributed by atoms with van der Waals surface area (Å²) in [6.07, 6.45) is 0. The van der Waals surface area contributed by atoms with Crippen molar-refractivity contribution < 1.29 is 14.3 Å². The quantitative estimate of drug-likeness (QED) is 0.845. The van der Waals surface area contributed by atoms with Crippen LogP contribution in [-0.4, -0.2) is 24.1 Å². The topological polar surface area (TPSA) is 86.5 Å². The molecule has 3 N–H and O–H groups in total. The van der Waals surface area contributed by atoms with Crippen LogP contribution in [-0.2, 0) is 0 Å². The lowest BCUT2D eigenvalue weighted by Gasteiger charge is -2.13. The molecule has 23 heavy (non-hydrogen) atoms. The Morgan fingerprint density at radius 1 is 1.17 bits per heavy atom. The average molecular weight is 338 g/mol. The molecule has 1 heterocycles. The zero-order valence-electron chi connectivity index (χ0n) is 13.0. The van der Waals surface area contributed by atoms with E-state index in [0.29, 0.717) is 36.2 Å². The van der Waals surface area contributed by atoms with Gasteiger partial charge in [0.2, 0.25) is 0 Å². The molecule has 0 unspecified atom stereocenters. The minimum absolute atomic E-state index is 0. The molecule has 1 aromatic carbocycles. The third-order valence-corrected chi connectivity index (χ3v) is 2.81. The minimum atomic E-state index is -0.359. The molecule has 0 radical (unpaired) electrons. The number of carbonyl (C=O) groups excluding carboxylic acids is 1.